The summed E-state index contributed by atoms with van der Waals surface area (Å²) in [6, 6.07) is 8.50. The third-order valence-electron chi connectivity index (χ3n) is 4.46. The minimum absolute atomic E-state index is 0.0408. The molecule has 0 bridgehead atoms. The van der Waals surface area contributed by atoms with Crippen molar-refractivity contribution in [3.63, 3.8) is 0 Å². The highest BCUT2D eigenvalue weighted by Gasteiger charge is 2.34. The van der Waals surface area contributed by atoms with Crippen LogP contribution in [0.15, 0.2) is 29.3 Å². The van der Waals surface area contributed by atoms with Crippen molar-refractivity contribution in [3.8, 4) is 5.75 Å². The number of nitrogens with zero attached hydrogens (tertiary/aromatic N) is 1. The van der Waals surface area contributed by atoms with E-state index in [0.29, 0.717) is 6.61 Å². The summed E-state index contributed by atoms with van der Waals surface area (Å²) in [5, 5.41) is 6.61. The Morgan fingerprint density at radius 2 is 1.71 bits per heavy atom. The monoisotopic (exact) mass is 333 g/mol. The highest BCUT2D eigenvalue weighted by atomic mass is 16.5. The zero-order valence-corrected chi connectivity index (χ0v) is 15.2. The van der Waals surface area contributed by atoms with Crippen LogP contribution in [0.5, 0.6) is 5.75 Å². The first kappa shape index (κ1) is 18.6. The number of guanidine groups is 1. The van der Waals surface area contributed by atoms with E-state index in [0.717, 1.165) is 57.4 Å². The normalized spacial score (nSPS) is 16.3. The third-order valence-corrected chi connectivity index (χ3v) is 4.46. The maximum atomic E-state index is 5.61. The van der Waals surface area contributed by atoms with Crippen LogP contribution in [-0.2, 0) is 10.2 Å². The van der Waals surface area contributed by atoms with Gasteiger partial charge in [-0.15, -0.1) is 0 Å². The second-order valence-corrected chi connectivity index (χ2v) is 6.08. The predicted octanol–water partition coefficient (Wildman–Crippen LogP) is 2.71. The Hall–Kier alpha value is -1.75. The SMILES string of the molecule is CCNC(=NCC1(c2ccc(OCC)cc2)CCOCC1)NCC. The van der Waals surface area contributed by atoms with E-state index in [2.05, 4.69) is 48.7 Å². The molecule has 1 heterocycles. The molecule has 2 rings (SSSR count). The maximum Gasteiger partial charge on any atom is 0.191 e. The number of nitrogens with one attached hydrogen (secondary N) is 2. The molecule has 24 heavy (non-hydrogen) atoms. The van der Waals surface area contributed by atoms with Gasteiger partial charge in [-0.2, -0.15) is 0 Å². The van der Waals surface area contributed by atoms with Gasteiger partial charge in [-0.25, -0.2) is 0 Å². The first-order valence-corrected chi connectivity index (χ1v) is 9.07. The van der Waals surface area contributed by atoms with Crippen LogP contribution < -0.4 is 15.4 Å². The summed E-state index contributed by atoms with van der Waals surface area (Å²) < 4.78 is 11.2. The lowest BCUT2D eigenvalue weighted by Crippen LogP contribution is -2.41. The quantitative estimate of drug-likeness (QED) is 0.595. The zero-order chi connectivity index (χ0) is 17.3. The van der Waals surface area contributed by atoms with Gasteiger partial charge in [0.2, 0.25) is 0 Å². The molecule has 1 aliphatic rings. The molecule has 5 nitrogen and oxygen atoms in total. The molecule has 0 aromatic heterocycles. The molecule has 134 valence electrons. The average molecular weight is 333 g/mol. The van der Waals surface area contributed by atoms with Crippen LogP contribution in [0.25, 0.3) is 0 Å². The van der Waals surface area contributed by atoms with Crippen molar-refractivity contribution in [2.75, 3.05) is 39.5 Å². The topological polar surface area (TPSA) is 54.9 Å². The molecular formula is C19H31N3O2. The Kier molecular flexibility index (Phi) is 7.37. The van der Waals surface area contributed by atoms with E-state index in [4.69, 9.17) is 14.5 Å². The van der Waals surface area contributed by atoms with Crippen LogP contribution in [0.3, 0.4) is 0 Å². The Morgan fingerprint density at radius 3 is 2.25 bits per heavy atom. The maximum absolute atomic E-state index is 5.61. The zero-order valence-electron chi connectivity index (χ0n) is 15.2. The Balaban J connectivity index is 2.20. The summed E-state index contributed by atoms with van der Waals surface area (Å²) in [6.07, 6.45) is 1.99. The van der Waals surface area contributed by atoms with E-state index in [1.54, 1.807) is 0 Å². The molecule has 0 amide bonds. The van der Waals surface area contributed by atoms with Gasteiger partial charge in [0.05, 0.1) is 13.2 Å². The van der Waals surface area contributed by atoms with Crippen LogP contribution in [0.2, 0.25) is 0 Å². The van der Waals surface area contributed by atoms with Crippen LogP contribution in [0.1, 0.15) is 39.2 Å². The van der Waals surface area contributed by atoms with Gasteiger partial charge in [0.25, 0.3) is 0 Å². The second-order valence-electron chi connectivity index (χ2n) is 6.08. The van der Waals surface area contributed by atoms with E-state index in [1.807, 2.05) is 6.92 Å². The van der Waals surface area contributed by atoms with E-state index in [-0.39, 0.29) is 5.41 Å². The molecule has 0 radical (unpaired) electrons. The fourth-order valence-corrected chi connectivity index (χ4v) is 3.11. The molecule has 0 saturated carbocycles. The molecule has 1 fully saturated rings. The number of hydrogen-bond acceptors (Lipinski definition) is 3. The molecule has 0 atom stereocenters. The predicted molar refractivity (Wildman–Crippen MR) is 99.0 cm³/mol. The van der Waals surface area contributed by atoms with Gasteiger partial charge in [0, 0.05) is 31.7 Å². The van der Waals surface area contributed by atoms with Crippen molar-refractivity contribution in [1.29, 1.82) is 0 Å². The van der Waals surface area contributed by atoms with E-state index < -0.39 is 0 Å². The number of ether oxygens (including phenoxy) is 2. The van der Waals surface area contributed by atoms with Crippen LogP contribution in [0, 0.1) is 0 Å². The third kappa shape index (κ3) is 4.87. The summed E-state index contributed by atoms with van der Waals surface area (Å²) >= 11 is 0. The number of benzene rings is 1. The molecule has 5 heteroatoms. The summed E-state index contributed by atoms with van der Waals surface area (Å²) in [7, 11) is 0. The van der Waals surface area contributed by atoms with E-state index in [9.17, 15) is 0 Å². The second kappa shape index (κ2) is 9.52. The van der Waals surface area contributed by atoms with Crippen molar-refractivity contribution in [3.05, 3.63) is 29.8 Å². The van der Waals surface area contributed by atoms with Gasteiger partial charge in [-0.3, -0.25) is 4.99 Å². The fourth-order valence-electron chi connectivity index (χ4n) is 3.11. The van der Waals surface area contributed by atoms with Crippen LogP contribution in [0.4, 0.5) is 0 Å². The molecule has 1 aromatic rings. The Labute approximate surface area is 145 Å². The van der Waals surface area contributed by atoms with Crippen LogP contribution in [-0.4, -0.2) is 45.4 Å². The van der Waals surface area contributed by atoms with Gasteiger partial charge < -0.3 is 20.1 Å². The van der Waals surface area contributed by atoms with Gasteiger partial charge >= 0.3 is 0 Å². The highest BCUT2D eigenvalue weighted by molar-refractivity contribution is 5.79. The molecular weight excluding hydrogens is 302 g/mol. The lowest BCUT2D eigenvalue weighted by Gasteiger charge is -2.36. The average Bonchev–Trinajstić information content (AvgIpc) is 2.62. The molecule has 0 spiro atoms. The molecule has 0 aliphatic carbocycles. The van der Waals surface area contributed by atoms with Gasteiger partial charge in [0.1, 0.15) is 5.75 Å². The first-order valence-electron chi connectivity index (χ1n) is 9.07. The van der Waals surface area contributed by atoms with Crippen LogP contribution >= 0.6 is 0 Å². The Bertz CT molecular complexity index is 500. The van der Waals surface area contributed by atoms with Crippen molar-refractivity contribution in [1.82, 2.24) is 10.6 Å². The minimum atomic E-state index is 0.0408. The van der Waals surface area contributed by atoms with Crippen molar-refractivity contribution >= 4 is 5.96 Å². The summed E-state index contributed by atoms with van der Waals surface area (Å²) in [5.74, 6) is 1.81. The fraction of sp³-hybridized carbons (Fsp3) is 0.632. The van der Waals surface area contributed by atoms with E-state index in [1.165, 1.54) is 5.56 Å². The van der Waals surface area contributed by atoms with Crippen molar-refractivity contribution in [2.45, 2.75) is 39.0 Å². The largest absolute Gasteiger partial charge is 0.494 e. The molecule has 0 unspecified atom stereocenters. The number of aliphatic imine (C=N–C) groups is 1. The van der Waals surface area contributed by atoms with Gasteiger partial charge in [-0.1, -0.05) is 12.1 Å². The summed E-state index contributed by atoms with van der Waals surface area (Å²) in [5.41, 5.74) is 1.37. The van der Waals surface area contributed by atoms with Crippen molar-refractivity contribution in [2.24, 2.45) is 4.99 Å². The smallest absolute Gasteiger partial charge is 0.191 e. The lowest BCUT2D eigenvalue weighted by molar-refractivity contribution is 0.0531. The molecule has 1 aromatic carbocycles. The van der Waals surface area contributed by atoms with E-state index >= 15 is 0 Å². The number of hydrogen-bond donors (Lipinski definition) is 2. The molecule has 1 aliphatic heterocycles. The summed E-state index contributed by atoms with van der Waals surface area (Å²) in [4.78, 5) is 4.84. The minimum Gasteiger partial charge on any atom is -0.494 e. The van der Waals surface area contributed by atoms with Gasteiger partial charge in [0.15, 0.2) is 5.96 Å². The Morgan fingerprint density at radius 1 is 1.08 bits per heavy atom. The van der Waals surface area contributed by atoms with Crippen molar-refractivity contribution < 1.29 is 9.47 Å². The standard InChI is InChI=1S/C19H31N3O2/c1-4-20-18(21-5-2)22-15-19(11-13-23-14-12-19)16-7-9-17(10-8-16)24-6-3/h7-10H,4-6,11-15H2,1-3H3,(H2,20,21,22). The molecule has 2 N–H and O–H groups in total. The summed E-state index contributed by atoms with van der Waals surface area (Å²) in [6.45, 7) is 11.0. The number of rotatable bonds is 7. The lowest BCUT2D eigenvalue weighted by atomic mass is 9.74. The highest BCUT2D eigenvalue weighted by Crippen LogP contribution is 2.36. The van der Waals surface area contributed by atoms with Gasteiger partial charge in [-0.05, 0) is 51.3 Å². The first-order chi connectivity index (χ1) is 11.7. The molecule has 1 saturated heterocycles.